The van der Waals surface area contributed by atoms with E-state index in [0.717, 1.165) is 121 Å². The van der Waals surface area contributed by atoms with Gasteiger partial charge in [0.05, 0.1) is 26.4 Å². The van der Waals surface area contributed by atoms with E-state index in [1.54, 1.807) is 0 Å². The van der Waals surface area contributed by atoms with Crippen LogP contribution in [0.4, 0.5) is 0 Å². The Labute approximate surface area is 567 Å². The van der Waals surface area contributed by atoms with E-state index in [9.17, 15) is 43.2 Å². The first-order chi connectivity index (χ1) is 45.0. The molecule has 0 saturated carbocycles. The standard InChI is InChI=1S/C74H140O17P2/c1-6-9-12-15-18-21-23-25-26-31-34-38-43-48-53-58-72(77)85-64-70(91-74(79)60-55-50-45-40-36-32-28-27-30-33-37-41-46-51-56-67(4)5)66-89-93(82,83)87-62-68(75)61-86-92(80,81)88-65-69(63-84-71(76)57-52-47-42-20-17-14-11-8-3)90-73(78)59-54-49-44-39-35-29-24-22-19-16-13-10-7-2/h21,23,25-26,67-70,75H,6-20,22,24,27-66H2,1-5H3,(H,80,81)(H,82,83)/b23-21-,26-25-/t68-,69+,70+/m0/s1. The highest BCUT2D eigenvalue weighted by molar-refractivity contribution is 7.47. The zero-order valence-electron chi connectivity index (χ0n) is 59.9. The third-order valence-corrected chi connectivity index (χ3v) is 18.6. The molecule has 0 aromatic heterocycles. The molecule has 0 spiro atoms. The van der Waals surface area contributed by atoms with Gasteiger partial charge in [0.2, 0.25) is 0 Å². The number of ether oxygens (including phenoxy) is 4. The van der Waals surface area contributed by atoms with E-state index >= 15 is 0 Å². The van der Waals surface area contributed by atoms with Crippen molar-refractivity contribution in [1.82, 2.24) is 0 Å². The predicted octanol–water partition coefficient (Wildman–Crippen LogP) is 21.2. The quantitative estimate of drug-likeness (QED) is 0.0169. The molecule has 0 aromatic rings. The Morgan fingerprint density at radius 1 is 0.333 bits per heavy atom. The van der Waals surface area contributed by atoms with Crippen LogP contribution in [0.3, 0.4) is 0 Å². The van der Waals surface area contributed by atoms with E-state index in [-0.39, 0.29) is 25.7 Å². The van der Waals surface area contributed by atoms with Gasteiger partial charge in [0.1, 0.15) is 19.3 Å². The number of phosphoric acid groups is 2. The number of allylic oxidation sites excluding steroid dienone is 4. The fourth-order valence-corrected chi connectivity index (χ4v) is 12.4. The smallest absolute Gasteiger partial charge is 0.462 e. The number of hydrogen-bond acceptors (Lipinski definition) is 15. The molecule has 0 saturated heterocycles. The molecule has 0 aliphatic heterocycles. The van der Waals surface area contributed by atoms with Crippen LogP contribution in [0, 0.1) is 5.92 Å². The number of hydrogen-bond donors (Lipinski definition) is 3. The zero-order chi connectivity index (χ0) is 68.4. The molecular formula is C74H140O17P2. The molecule has 0 heterocycles. The third kappa shape index (κ3) is 67.9. The number of phosphoric ester groups is 2. The first-order valence-corrected chi connectivity index (χ1v) is 40.9. The summed E-state index contributed by atoms with van der Waals surface area (Å²) in [5.74, 6) is -1.36. The highest BCUT2D eigenvalue weighted by Gasteiger charge is 2.30. The monoisotopic (exact) mass is 1360 g/mol. The molecule has 2 unspecified atom stereocenters. The number of carbonyl (C=O) groups excluding carboxylic acids is 4. The van der Waals surface area contributed by atoms with E-state index in [4.69, 9.17) is 37.0 Å². The lowest BCUT2D eigenvalue weighted by Gasteiger charge is -2.21. The number of aliphatic hydroxyl groups excluding tert-OH is 1. The average Bonchev–Trinajstić information content (AvgIpc) is 3.58. The molecule has 548 valence electrons. The second kappa shape index (κ2) is 66.8. The molecule has 93 heavy (non-hydrogen) atoms. The topological polar surface area (TPSA) is 237 Å². The number of esters is 4. The molecule has 0 aliphatic carbocycles. The van der Waals surface area contributed by atoms with Gasteiger partial charge >= 0.3 is 39.5 Å². The molecule has 0 bridgehead atoms. The lowest BCUT2D eigenvalue weighted by molar-refractivity contribution is -0.161. The number of unbranched alkanes of at least 4 members (excludes halogenated alkanes) is 41. The van der Waals surface area contributed by atoms with Crippen molar-refractivity contribution in [2.24, 2.45) is 5.92 Å². The van der Waals surface area contributed by atoms with Crippen molar-refractivity contribution >= 4 is 39.5 Å². The molecule has 0 fully saturated rings. The number of aliphatic hydroxyl groups is 1. The van der Waals surface area contributed by atoms with Gasteiger partial charge in [0, 0.05) is 25.7 Å². The normalized spacial score (nSPS) is 14.2. The van der Waals surface area contributed by atoms with Crippen molar-refractivity contribution in [2.75, 3.05) is 39.6 Å². The minimum Gasteiger partial charge on any atom is -0.462 e. The molecule has 19 heteroatoms. The summed E-state index contributed by atoms with van der Waals surface area (Å²) in [5.41, 5.74) is 0. The summed E-state index contributed by atoms with van der Waals surface area (Å²) in [6.45, 7) is 7.21. The summed E-state index contributed by atoms with van der Waals surface area (Å²) in [6.07, 6.45) is 57.6. The van der Waals surface area contributed by atoms with Gasteiger partial charge in [0.15, 0.2) is 12.2 Å². The molecule has 0 radical (unpaired) electrons. The van der Waals surface area contributed by atoms with E-state index in [2.05, 4.69) is 58.9 Å². The van der Waals surface area contributed by atoms with Crippen LogP contribution in [-0.2, 0) is 65.4 Å². The van der Waals surface area contributed by atoms with Crippen molar-refractivity contribution < 1.29 is 80.2 Å². The summed E-state index contributed by atoms with van der Waals surface area (Å²) < 4.78 is 68.3. The van der Waals surface area contributed by atoms with Crippen molar-refractivity contribution in [3.05, 3.63) is 24.3 Å². The Morgan fingerprint density at radius 2 is 0.581 bits per heavy atom. The summed E-state index contributed by atoms with van der Waals surface area (Å²) in [7, 11) is -9.91. The largest absolute Gasteiger partial charge is 0.472 e. The molecular weight excluding hydrogens is 1220 g/mol. The summed E-state index contributed by atoms with van der Waals surface area (Å²) in [4.78, 5) is 72.6. The van der Waals surface area contributed by atoms with E-state index in [1.807, 2.05) is 0 Å². The van der Waals surface area contributed by atoms with Gasteiger partial charge in [-0.15, -0.1) is 0 Å². The minimum absolute atomic E-state index is 0.101. The van der Waals surface area contributed by atoms with Crippen molar-refractivity contribution in [3.63, 3.8) is 0 Å². The van der Waals surface area contributed by atoms with Gasteiger partial charge in [-0.1, -0.05) is 309 Å². The Hall–Kier alpha value is -2.46. The zero-order valence-corrected chi connectivity index (χ0v) is 61.7. The van der Waals surface area contributed by atoms with Gasteiger partial charge in [0.25, 0.3) is 0 Å². The van der Waals surface area contributed by atoms with Crippen LogP contribution in [0.2, 0.25) is 0 Å². The van der Waals surface area contributed by atoms with Gasteiger partial charge in [-0.25, -0.2) is 9.13 Å². The number of carbonyl (C=O) groups is 4. The fraction of sp³-hybridized carbons (Fsp3) is 0.892. The predicted molar refractivity (Wildman–Crippen MR) is 377 cm³/mol. The van der Waals surface area contributed by atoms with Crippen LogP contribution in [0.15, 0.2) is 24.3 Å². The van der Waals surface area contributed by atoms with E-state index in [1.165, 1.54) is 161 Å². The Bertz CT molecular complexity index is 1880. The molecule has 0 rings (SSSR count). The Morgan fingerprint density at radius 3 is 0.882 bits per heavy atom. The van der Waals surface area contributed by atoms with Crippen LogP contribution < -0.4 is 0 Å². The lowest BCUT2D eigenvalue weighted by atomic mass is 10.0. The van der Waals surface area contributed by atoms with Crippen molar-refractivity contribution in [1.29, 1.82) is 0 Å². The first-order valence-electron chi connectivity index (χ1n) is 38.0. The molecule has 0 amide bonds. The Kier molecular flexibility index (Phi) is 65.0. The van der Waals surface area contributed by atoms with Gasteiger partial charge in [-0.05, 0) is 57.3 Å². The minimum atomic E-state index is -4.96. The second-order valence-corrected chi connectivity index (χ2v) is 29.4. The van der Waals surface area contributed by atoms with E-state index < -0.39 is 97.5 Å². The Balaban J connectivity index is 5.25. The molecule has 17 nitrogen and oxygen atoms in total. The van der Waals surface area contributed by atoms with Gasteiger partial charge in [-0.3, -0.25) is 37.3 Å². The summed E-state index contributed by atoms with van der Waals surface area (Å²) in [6, 6.07) is 0. The van der Waals surface area contributed by atoms with Crippen molar-refractivity contribution in [3.8, 4) is 0 Å². The molecule has 3 N–H and O–H groups in total. The fourth-order valence-electron chi connectivity index (χ4n) is 10.8. The molecule has 0 aliphatic rings. The third-order valence-electron chi connectivity index (χ3n) is 16.7. The van der Waals surface area contributed by atoms with E-state index in [0.29, 0.717) is 25.7 Å². The first kappa shape index (κ1) is 90.5. The lowest BCUT2D eigenvalue weighted by Crippen LogP contribution is -2.30. The van der Waals surface area contributed by atoms with Crippen LogP contribution >= 0.6 is 15.6 Å². The average molecular weight is 1360 g/mol. The van der Waals surface area contributed by atoms with Crippen LogP contribution in [0.1, 0.15) is 362 Å². The van der Waals surface area contributed by atoms with Gasteiger partial charge < -0.3 is 33.8 Å². The highest BCUT2D eigenvalue weighted by atomic mass is 31.2. The SMILES string of the molecule is CCCCCC/C=C\C=C/CCCCCCCC(=O)OC[C@H](COP(=O)(O)OC[C@@H](O)COP(=O)(O)OC[C@@H](COC(=O)CCCCCCCCCC)OC(=O)CCCCCCCCCCCCCCC)OC(=O)CCCCCCCCCCCCCCCCC(C)C. The van der Waals surface area contributed by atoms with Crippen LogP contribution in [0.25, 0.3) is 0 Å². The maximum atomic E-state index is 13.1. The maximum absolute atomic E-state index is 13.1. The second-order valence-electron chi connectivity index (χ2n) is 26.5. The molecule has 0 aromatic carbocycles. The number of rotatable bonds is 72. The van der Waals surface area contributed by atoms with Crippen LogP contribution in [-0.4, -0.2) is 96.7 Å². The van der Waals surface area contributed by atoms with Crippen LogP contribution in [0.5, 0.6) is 0 Å². The molecule has 5 atom stereocenters. The van der Waals surface area contributed by atoms with Crippen molar-refractivity contribution in [2.45, 2.75) is 380 Å². The summed E-state index contributed by atoms with van der Waals surface area (Å²) in [5, 5.41) is 10.6. The highest BCUT2D eigenvalue weighted by Crippen LogP contribution is 2.45. The summed E-state index contributed by atoms with van der Waals surface area (Å²) >= 11 is 0. The van der Waals surface area contributed by atoms with Gasteiger partial charge in [-0.2, -0.15) is 0 Å². The maximum Gasteiger partial charge on any atom is 0.472 e.